The minimum absolute atomic E-state index is 0.00812. The van der Waals surface area contributed by atoms with Gasteiger partial charge in [0.2, 0.25) is 0 Å². The Morgan fingerprint density at radius 2 is 1.90 bits per heavy atom. The van der Waals surface area contributed by atoms with E-state index >= 15 is 0 Å². The van der Waals surface area contributed by atoms with Crippen LogP contribution >= 0.6 is 0 Å². The number of carbonyl (C=O) groups is 1. The minimum Gasteiger partial charge on any atom is -0.451 e. The summed E-state index contributed by atoms with van der Waals surface area (Å²) in [5.74, 6) is -1.29. The number of nitrogens with zero attached hydrogens (tertiary/aromatic N) is 1. The van der Waals surface area contributed by atoms with Crippen LogP contribution in [-0.4, -0.2) is 36.8 Å². The number of hydrogen-bond donors (Lipinski definition) is 0. The van der Waals surface area contributed by atoms with Crippen LogP contribution in [0.5, 0.6) is 0 Å². The van der Waals surface area contributed by atoms with Crippen LogP contribution in [0.3, 0.4) is 0 Å². The molecule has 2 heterocycles. The van der Waals surface area contributed by atoms with Gasteiger partial charge in [-0.15, -0.1) is 0 Å². The van der Waals surface area contributed by atoms with Gasteiger partial charge < -0.3 is 9.32 Å². The second kappa shape index (κ2) is 7.68. The summed E-state index contributed by atoms with van der Waals surface area (Å²) < 4.78 is 43.0. The average Bonchev–Trinajstić information content (AvgIpc) is 3.07. The fourth-order valence-electron chi connectivity index (χ4n) is 3.69. The van der Waals surface area contributed by atoms with Crippen molar-refractivity contribution in [3.05, 3.63) is 81.5 Å². The average molecular weight is 429 g/mol. The molecule has 8 heteroatoms. The molecule has 1 aliphatic rings. The maximum absolute atomic E-state index is 13.3. The molecule has 1 amide bonds. The second-order valence-corrected chi connectivity index (χ2v) is 9.82. The zero-order valence-corrected chi connectivity index (χ0v) is 17.1. The van der Waals surface area contributed by atoms with Crippen molar-refractivity contribution >= 4 is 26.7 Å². The van der Waals surface area contributed by atoms with Crippen LogP contribution in [0.15, 0.2) is 57.7 Å². The quantitative estimate of drug-likeness (QED) is 0.636. The summed E-state index contributed by atoms with van der Waals surface area (Å²) in [4.78, 5) is 27.2. The third kappa shape index (κ3) is 4.14. The van der Waals surface area contributed by atoms with Gasteiger partial charge in [0.1, 0.15) is 11.4 Å². The number of amides is 1. The number of fused-ring (bicyclic) bond motifs is 1. The summed E-state index contributed by atoms with van der Waals surface area (Å²) in [6.45, 7) is 1.93. The Kier molecular flexibility index (Phi) is 5.19. The predicted octanol–water partition coefficient (Wildman–Crippen LogP) is 3.07. The Hall–Kier alpha value is -3.00. The molecule has 1 fully saturated rings. The molecule has 0 aliphatic carbocycles. The Morgan fingerprint density at radius 1 is 1.17 bits per heavy atom. The van der Waals surface area contributed by atoms with E-state index in [1.165, 1.54) is 17.0 Å². The first kappa shape index (κ1) is 20.3. The van der Waals surface area contributed by atoms with Crippen LogP contribution in [0.4, 0.5) is 4.39 Å². The highest BCUT2D eigenvalue weighted by Gasteiger charge is 2.36. The first-order chi connectivity index (χ1) is 14.2. The SMILES string of the molecule is Cc1ccc2oc(C(=O)N(Cc3ccc(F)cc3)[C@@H]3CCS(=O)(=O)C3)cc(=O)c2c1. The van der Waals surface area contributed by atoms with Crippen LogP contribution < -0.4 is 5.43 Å². The molecule has 1 saturated heterocycles. The molecule has 3 aromatic rings. The fraction of sp³-hybridized carbons (Fsp3) is 0.273. The molecule has 0 spiro atoms. The number of carbonyl (C=O) groups excluding carboxylic acids is 1. The lowest BCUT2D eigenvalue weighted by molar-refractivity contribution is 0.0648. The summed E-state index contributed by atoms with van der Waals surface area (Å²) in [5.41, 5.74) is 1.48. The monoisotopic (exact) mass is 429 g/mol. The van der Waals surface area contributed by atoms with E-state index in [2.05, 4.69) is 0 Å². The van der Waals surface area contributed by atoms with E-state index in [1.807, 2.05) is 6.92 Å². The van der Waals surface area contributed by atoms with Crippen molar-refractivity contribution in [2.45, 2.75) is 25.9 Å². The van der Waals surface area contributed by atoms with E-state index in [0.29, 0.717) is 17.4 Å². The number of sulfone groups is 1. The molecule has 6 nitrogen and oxygen atoms in total. The minimum atomic E-state index is -3.25. The van der Waals surface area contributed by atoms with Crippen LogP contribution in [0, 0.1) is 12.7 Å². The van der Waals surface area contributed by atoms with Gasteiger partial charge in [-0.1, -0.05) is 23.8 Å². The smallest absolute Gasteiger partial charge is 0.290 e. The molecule has 0 unspecified atom stereocenters. The topological polar surface area (TPSA) is 84.7 Å². The highest BCUT2D eigenvalue weighted by atomic mass is 32.2. The molecule has 0 N–H and O–H groups in total. The van der Waals surface area contributed by atoms with E-state index in [0.717, 1.165) is 11.6 Å². The first-order valence-electron chi connectivity index (χ1n) is 9.52. The Bertz CT molecular complexity index is 1280. The maximum atomic E-state index is 13.3. The lowest BCUT2D eigenvalue weighted by atomic mass is 10.1. The van der Waals surface area contributed by atoms with E-state index in [9.17, 15) is 22.4 Å². The van der Waals surface area contributed by atoms with Gasteiger partial charge in [-0.05, 0) is 43.2 Å². The van der Waals surface area contributed by atoms with Gasteiger partial charge in [-0.2, -0.15) is 0 Å². The van der Waals surface area contributed by atoms with E-state index in [4.69, 9.17) is 4.42 Å². The molecular weight excluding hydrogens is 409 g/mol. The third-order valence-electron chi connectivity index (χ3n) is 5.27. The van der Waals surface area contributed by atoms with Crippen LogP contribution in [-0.2, 0) is 16.4 Å². The zero-order chi connectivity index (χ0) is 21.5. The lowest BCUT2D eigenvalue weighted by Gasteiger charge is -2.28. The van der Waals surface area contributed by atoms with Crippen molar-refractivity contribution in [2.24, 2.45) is 0 Å². The maximum Gasteiger partial charge on any atom is 0.290 e. The van der Waals surface area contributed by atoms with Crippen molar-refractivity contribution in [3.8, 4) is 0 Å². The Labute approximate surface area is 172 Å². The normalized spacial score (nSPS) is 17.9. The summed E-state index contributed by atoms with van der Waals surface area (Å²) in [6, 6.07) is 11.3. The highest BCUT2D eigenvalue weighted by Crippen LogP contribution is 2.23. The number of aryl methyl sites for hydroxylation is 1. The lowest BCUT2D eigenvalue weighted by Crippen LogP contribution is -2.40. The third-order valence-corrected chi connectivity index (χ3v) is 7.02. The highest BCUT2D eigenvalue weighted by molar-refractivity contribution is 7.91. The molecule has 156 valence electrons. The number of rotatable bonds is 4. The molecule has 2 aromatic carbocycles. The summed E-state index contributed by atoms with van der Waals surface area (Å²) >= 11 is 0. The van der Waals surface area contributed by atoms with Gasteiger partial charge in [0, 0.05) is 18.7 Å². The van der Waals surface area contributed by atoms with E-state index in [1.54, 1.807) is 30.3 Å². The second-order valence-electron chi connectivity index (χ2n) is 7.59. The summed E-state index contributed by atoms with van der Waals surface area (Å²) in [7, 11) is -3.25. The summed E-state index contributed by atoms with van der Waals surface area (Å²) in [6.07, 6.45) is 0.298. The predicted molar refractivity (Wildman–Crippen MR) is 111 cm³/mol. The Balaban J connectivity index is 1.73. The largest absolute Gasteiger partial charge is 0.451 e. The molecule has 1 aromatic heterocycles. The standard InChI is InChI=1S/C22H20FNO5S/c1-14-2-7-20-18(10-14)19(25)11-21(29-20)22(26)24(17-8-9-30(27,28)13-17)12-15-3-5-16(23)6-4-15/h2-7,10-11,17H,8-9,12-13H2,1H3/t17-/m1/s1. The van der Waals surface area contributed by atoms with Crippen molar-refractivity contribution < 1.29 is 22.0 Å². The van der Waals surface area contributed by atoms with Gasteiger partial charge in [-0.25, -0.2) is 12.8 Å². The molecular formula is C22H20FNO5S. The van der Waals surface area contributed by atoms with Gasteiger partial charge in [0.25, 0.3) is 5.91 Å². The van der Waals surface area contributed by atoms with Crippen molar-refractivity contribution in [2.75, 3.05) is 11.5 Å². The first-order valence-corrected chi connectivity index (χ1v) is 11.3. The summed E-state index contributed by atoms with van der Waals surface area (Å²) in [5, 5.41) is 0.375. The number of halogens is 1. The number of benzene rings is 2. The Morgan fingerprint density at radius 3 is 2.57 bits per heavy atom. The van der Waals surface area contributed by atoms with Gasteiger partial charge >= 0.3 is 0 Å². The molecule has 1 aliphatic heterocycles. The van der Waals surface area contributed by atoms with Crippen LogP contribution in [0.25, 0.3) is 11.0 Å². The molecule has 30 heavy (non-hydrogen) atoms. The van der Waals surface area contributed by atoms with E-state index < -0.39 is 27.6 Å². The zero-order valence-electron chi connectivity index (χ0n) is 16.3. The molecule has 0 bridgehead atoms. The van der Waals surface area contributed by atoms with Gasteiger partial charge in [0.15, 0.2) is 21.0 Å². The van der Waals surface area contributed by atoms with Crippen molar-refractivity contribution in [3.63, 3.8) is 0 Å². The fourth-order valence-corrected chi connectivity index (χ4v) is 5.42. The molecule has 4 rings (SSSR count). The molecule has 0 radical (unpaired) electrons. The van der Waals surface area contributed by atoms with Crippen LogP contribution in [0.2, 0.25) is 0 Å². The molecule has 0 saturated carbocycles. The molecule has 1 atom stereocenters. The van der Waals surface area contributed by atoms with Crippen molar-refractivity contribution in [1.29, 1.82) is 0 Å². The van der Waals surface area contributed by atoms with Gasteiger partial charge in [0.05, 0.1) is 16.9 Å². The van der Waals surface area contributed by atoms with E-state index in [-0.39, 0.29) is 34.8 Å². The van der Waals surface area contributed by atoms with Crippen LogP contribution in [0.1, 0.15) is 28.1 Å². The number of hydrogen-bond acceptors (Lipinski definition) is 5. The van der Waals surface area contributed by atoms with Gasteiger partial charge in [-0.3, -0.25) is 9.59 Å². The van der Waals surface area contributed by atoms with Crippen molar-refractivity contribution in [1.82, 2.24) is 4.90 Å².